The first-order chi connectivity index (χ1) is 12.5. The van der Waals surface area contributed by atoms with Crippen molar-refractivity contribution in [3.8, 4) is 0 Å². The number of hydrogen-bond donors (Lipinski definition) is 1. The summed E-state index contributed by atoms with van der Waals surface area (Å²) in [5.74, 6) is -0.472. The maximum Gasteiger partial charge on any atom is 0.335 e. The average Bonchev–Trinajstić information content (AvgIpc) is 3.11. The molecule has 0 atom stereocenters. The average molecular weight is 350 g/mol. The number of carbonyl (C=O) groups is 3. The van der Waals surface area contributed by atoms with Crippen molar-refractivity contribution < 1.29 is 18.8 Å². The van der Waals surface area contributed by atoms with E-state index < -0.39 is 17.8 Å². The van der Waals surface area contributed by atoms with Crippen molar-refractivity contribution in [1.29, 1.82) is 0 Å². The summed E-state index contributed by atoms with van der Waals surface area (Å²) in [7, 11) is 0. The zero-order valence-electron chi connectivity index (χ0n) is 14.4. The van der Waals surface area contributed by atoms with Crippen LogP contribution in [0.2, 0.25) is 0 Å². The highest BCUT2D eigenvalue weighted by molar-refractivity contribution is 6.37. The number of urea groups is 1. The van der Waals surface area contributed by atoms with E-state index in [1.807, 2.05) is 12.1 Å². The Labute approximate surface area is 150 Å². The van der Waals surface area contributed by atoms with Gasteiger partial charge in [-0.3, -0.25) is 14.9 Å². The lowest BCUT2D eigenvalue weighted by Gasteiger charge is -2.26. The molecule has 0 unspecified atom stereocenters. The van der Waals surface area contributed by atoms with Gasteiger partial charge in [-0.1, -0.05) is 32.1 Å². The largest absolute Gasteiger partial charge is 0.465 e. The second-order valence-corrected chi connectivity index (χ2v) is 6.10. The Balaban J connectivity index is 1.87. The van der Waals surface area contributed by atoms with E-state index in [1.54, 1.807) is 30.3 Å². The predicted octanol–water partition coefficient (Wildman–Crippen LogP) is 3.63. The molecule has 1 aromatic heterocycles. The van der Waals surface area contributed by atoms with E-state index in [0.717, 1.165) is 10.5 Å². The molecule has 0 aliphatic carbocycles. The van der Waals surface area contributed by atoms with E-state index in [4.69, 9.17) is 4.42 Å². The van der Waals surface area contributed by atoms with Crippen LogP contribution in [0.1, 0.15) is 31.1 Å². The van der Waals surface area contributed by atoms with Crippen LogP contribution in [0.4, 0.5) is 10.5 Å². The first-order valence-electron chi connectivity index (χ1n) is 8.19. The fraction of sp³-hybridized carbons (Fsp3) is 0.150. The van der Waals surface area contributed by atoms with Crippen molar-refractivity contribution in [1.82, 2.24) is 5.32 Å². The Bertz CT molecular complexity index is 890. The number of hydrogen-bond acceptors (Lipinski definition) is 4. The summed E-state index contributed by atoms with van der Waals surface area (Å²) < 4.78 is 5.15. The molecule has 2 heterocycles. The van der Waals surface area contributed by atoms with Crippen molar-refractivity contribution in [2.24, 2.45) is 0 Å². The smallest absolute Gasteiger partial charge is 0.335 e. The molecule has 1 saturated heterocycles. The number of amides is 4. The van der Waals surface area contributed by atoms with Gasteiger partial charge in [0.2, 0.25) is 0 Å². The monoisotopic (exact) mass is 350 g/mol. The summed E-state index contributed by atoms with van der Waals surface area (Å²) in [6.45, 7) is 4.11. The maximum absolute atomic E-state index is 12.7. The number of nitrogens with zero attached hydrogens (tertiary/aromatic N) is 1. The van der Waals surface area contributed by atoms with Crippen LogP contribution < -0.4 is 10.2 Å². The molecule has 4 amide bonds. The highest BCUT2D eigenvalue weighted by atomic mass is 16.3. The van der Waals surface area contributed by atoms with Gasteiger partial charge in [0, 0.05) is 0 Å². The van der Waals surface area contributed by atoms with Gasteiger partial charge in [0.05, 0.1) is 12.0 Å². The molecular weight excluding hydrogens is 332 g/mol. The molecule has 0 saturated carbocycles. The van der Waals surface area contributed by atoms with E-state index in [2.05, 4.69) is 19.2 Å². The van der Waals surface area contributed by atoms with Crippen LogP contribution >= 0.6 is 0 Å². The van der Waals surface area contributed by atoms with Gasteiger partial charge < -0.3 is 4.42 Å². The lowest BCUT2D eigenvalue weighted by atomic mass is 10.0. The van der Waals surface area contributed by atoms with Gasteiger partial charge in [0.15, 0.2) is 0 Å². The van der Waals surface area contributed by atoms with Crippen LogP contribution in [0.25, 0.3) is 6.08 Å². The minimum atomic E-state index is -0.760. The number of barbiturate groups is 1. The Morgan fingerprint density at radius 1 is 1.08 bits per heavy atom. The van der Waals surface area contributed by atoms with Crippen molar-refractivity contribution in [3.63, 3.8) is 0 Å². The molecular formula is C20H18N2O4. The normalized spacial score (nSPS) is 16.8. The first-order valence-corrected chi connectivity index (χ1v) is 8.19. The molecule has 0 radical (unpaired) electrons. The van der Waals surface area contributed by atoms with Gasteiger partial charge in [-0.2, -0.15) is 0 Å². The van der Waals surface area contributed by atoms with E-state index in [1.165, 1.54) is 18.4 Å². The van der Waals surface area contributed by atoms with Crippen molar-refractivity contribution in [2.75, 3.05) is 4.90 Å². The minimum Gasteiger partial charge on any atom is -0.465 e. The molecule has 3 rings (SSSR count). The van der Waals surface area contributed by atoms with Gasteiger partial charge in [-0.25, -0.2) is 9.69 Å². The molecule has 1 aromatic carbocycles. The molecule has 6 nitrogen and oxygen atoms in total. The summed E-state index contributed by atoms with van der Waals surface area (Å²) in [6.07, 6.45) is 6.03. The summed E-state index contributed by atoms with van der Waals surface area (Å²) in [4.78, 5) is 37.8. The van der Waals surface area contributed by atoms with Crippen LogP contribution in [-0.4, -0.2) is 17.8 Å². The molecule has 0 bridgehead atoms. The van der Waals surface area contributed by atoms with E-state index in [-0.39, 0.29) is 5.57 Å². The Morgan fingerprint density at radius 2 is 1.81 bits per heavy atom. The SMILES string of the molecule is CC(C)c1ccc(N2C(=O)NC(=O)C(=CC=Cc3ccco3)C2=O)cc1. The Hall–Kier alpha value is -3.41. The van der Waals surface area contributed by atoms with Gasteiger partial charge in [-0.05, 0) is 47.9 Å². The number of imide groups is 2. The van der Waals surface area contributed by atoms with Crippen LogP contribution in [-0.2, 0) is 9.59 Å². The number of carbonyl (C=O) groups excluding carboxylic acids is 3. The lowest BCUT2D eigenvalue weighted by Crippen LogP contribution is -2.54. The number of rotatable bonds is 4. The molecule has 26 heavy (non-hydrogen) atoms. The highest BCUT2D eigenvalue weighted by Gasteiger charge is 2.36. The fourth-order valence-corrected chi connectivity index (χ4v) is 2.55. The number of benzene rings is 1. The van der Waals surface area contributed by atoms with Crippen LogP contribution in [0, 0.1) is 0 Å². The minimum absolute atomic E-state index is 0.125. The van der Waals surface area contributed by atoms with Crippen molar-refractivity contribution in [3.05, 3.63) is 71.7 Å². The number of furan rings is 1. The third-order valence-corrected chi connectivity index (χ3v) is 3.99. The first kappa shape index (κ1) is 17.4. The van der Waals surface area contributed by atoms with Crippen LogP contribution in [0.5, 0.6) is 0 Å². The van der Waals surface area contributed by atoms with E-state index in [0.29, 0.717) is 17.4 Å². The molecule has 1 fully saturated rings. The van der Waals surface area contributed by atoms with Crippen LogP contribution in [0.3, 0.4) is 0 Å². The Kier molecular flexibility index (Phi) is 4.84. The molecule has 1 aliphatic heterocycles. The van der Waals surface area contributed by atoms with Crippen molar-refractivity contribution in [2.45, 2.75) is 19.8 Å². The topological polar surface area (TPSA) is 79.6 Å². The number of allylic oxidation sites excluding steroid dienone is 2. The van der Waals surface area contributed by atoms with Gasteiger partial charge in [0.1, 0.15) is 11.3 Å². The van der Waals surface area contributed by atoms with Crippen molar-refractivity contribution >= 4 is 29.6 Å². The van der Waals surface area contributed by atoms with E-state index in [9.17, 15) is 14.4 Å². The summed E-state index contributed by atoms with van der Waals surface area (Å²) >= 11 is 0. The summed E-state index contributed by atoms with van der Waals surface area (Å²) in [5.41, 5.74) is 1.37. The third-order valence-electron chi connectivity index (χ3n) is 3.99. The second kappa shape index (κ2) is 7.23. The molecule has 1 aliphatic rings. The number of nitrogens with one attached hydrogen (secondary N) is 1. The van der Waals surface area contributed by atoms with Crippen LogP contribution in [0.15, 0.2) is 64.8 Å². The maximum atomic E-state index is 12.7. The molecule has 6 heteroatoms. The summed E-state index contributed by atoms with van der Waals surface area (Å²) in [5, 5.41) is 2.19. The summed E-state index contributed by atoms with van der Waals surface area (Å²) in [6, 6.07) is 9.81. The predicted molar refractivity (Wildman–Crippen MR) is 97.4 cm³/mol. The standard InChI is InChI=1S/C20H18N2O4/c1-13(2)14-8-10-15(11-9-14)22-19(24)17(18(23)21-20(22)25)7-3-5-16-6-4-12-26-16/h3-13H,1-2H3,(H,21,23,25). The zero-order valence-corrected chi connectivity index (χ0v) is 14.4. The third kappa shape index (κ3) is 3.49. The van der Waals surface area contributed by atoms with Gasteiger partial charge in [-0.15, -0.1) is 0 Å². The van der Waals surface area contributed by atoms with Gasteiger partial charge >= 0.3 is 6.03 Å². The quantitative estimate of drug-likeness (QED) is 0.674. The molecule has 2 aromatic rings. The molecule has 0 spiro atoms. The lowest BCUT2D eigenvalue weighted by molar-refractivity contribution is -0.122. The second-order valence-electron chi connectivity index (χ2n) is 6.10. The van der Waals surface area contributed by atoms with E-state index >= 15 is 0 Å². The Morgan fingerprint density at radius 3 is 2.42 bits per heavy atom. The van der Waals surface area contributed by atoms with Gasteiger partial charge in [0.25, 0.3) is 11.8 Å². The highest BCUT2D eigenvalue weighted by Crippen LogP contribution is 2.23. The zero-order chi connectivity index (χ0) is 18.7. The number of anilines is 1. The molecule has 1 N–H and O–H groups in total. The fourth-order valence-electron chi connectivity index (χ4n) is 2.55. The molecule has 132 valence electrons.